The maximum Gasteiger partial charge on any atom is 0.119 e. The fourth-order valence-corrected chi connectivity index (χ4v) is 1.71. The summed E-state index contributed by atoms with van der Waals surface area (Å²) < 4.78 is 10.2. The molecule has 3 heteroatoms. The summed E-state index contributed by atoms with van der Waals surface area (Å²) in [5.74, 6) is 0.848. The Labute approximate surface area is 97.6 Å². The Kier molecular flexibility index (Phi) is 4.77. The van der Waals surface area contributed by atoms with E-state index in [-0.39, 0.29) is 5.54 Å². The summed E-state index contributed by atoms with van der Waals surface area (Å²) in [6.07, 6.45) is 1.86. The minimum absolute atomic E-state index is 0.326. The zero-order valence-electron chi connectivity index (χ0n) is 10.3. The van der Waals surface area contributed by atoms with E-state index in [0.29, 0.717) is 0 Å². The van der Waals surface area contributed by atoms with Crippen LogP contribution in [0.2, 0.25) is 0 Å². The van der Waals surface area contributed by atoms with Gasteiger partial charge in [0.2, 0.25) is 0 Å². The summed E-state index contributed by atoms with van der Waals surface area (Å²) in [7, 11) is 3.37. The van der Waals surface area contributed by atoms with Crippen molar-refractivity contribution in [3.63, 3.8) is 0 Å². The van der Waals surface area contributed by atoms with E-state index in [1.807, 2.05) is 31.2 Å². The molecule has 0 bridgehead atoms. The predicted molar refractivity (Wildman–Crippen MR) is 65.6 cm³/mol. The van der Waals surface area contributed by atoms with Crippen LogP contribution in [0, 0.1) is 0 Å². The van der Waals surface area contributed by atoms with Gasteiger partial charge in [0.1, 0.15) is 5.75 Å². The van der Waals surface area contributed by atoms with E-state index in [9.17, 15) is 0 Å². The van der Waals surface area contributed by atoms with Crippen LogP contribution in [0.4, 0.5) is 0 Å². The lowest BCUT2D eigenvalue weighted by Gasteiger charge is -2.25. The molecule has 1 rings (SSSR count). The maximum atomic E-state index is 6.29. The third-order valence-electron chi connectivity index (χ3n) is 2.77. The molecule has 0 aliphatic carbocycles. The first kappa shape index (κ1) is 13.0. The molecule has 0 aliphatic heterocycles. The van der Waals surface area contributed by atoms with Crippen LogP contribution in [0.3, 0.4) is 0 Å². The van der Waals surface area contributed by atoms with Crippen LogP contribution in [0.5, 0.6) is 5.75 Å². The summed E-state index contributed by atoms with van der Waals surface area (Å²) in [6, 6.07) is 7.92. The molecule has 16 heavy (non-hydrogen) atoms. The van der Waals surface area contributed by atoms with Crippen LogP contribution in [0.15, 0.2) is 24.3 Å². The van der Waals surface area contributed by atoms with Gasteiger partial charge in [0, 0.05) is 19.3 Å². The Balaban J connectivity index is 2.72. The quantitative estimate of drug-likeness (QED) is 0.753. The number of hydrogen-bond donors (Lipinski definition) is 1. The van der Waals surface area contributed by atoms with Gasteiger partial charge >= 0.3 is 0 Å². The van der Waals surface area contributed by atoms with Crippen molar-refractivity contribution in [3.8, 4) is 5.75 Å². The average Bonchev–Trinajstić information content (AvgIpc) is 2.29. The molecule has 90 valence electrons. The molecule has 0 spiro atoms. The molecule has 0 aliphatic rings. The summed E-state index contributed by atoms with van der Waals surface area (Å²) in [4.78, 5) is 0. The van der Waals surface area contributed by atoms with E-state index < -0.39 is 0 Å². The Morgan fingerprint density at radius 1 is 1.31 bits per heavy atom. The molecule has 0 fully saturated rings. The van der Waals surface area contributed by atoms with E-state index in [1.54, 1.807) is 14.2 Å². The van der Waals surface area contributed by atoms with Gasteiger partial charge in [-0.2, -0.15) is 0 Å². The Morgan fingerprint density at radius 3 is 2.69 bits per heavy atom. The lowest BCUT2D eigenvalue weighted by molar-refractivity contribution is 0.184. The Bertz CT molecular complexity index is 323. The van der Waals surface area contributed by atoms with E-state index >= 15 is 0 Å². The molecule has 0 saturated heterocycles. The summed E-state index contributed by atoms with van der Waals surface area (Å²) in [5, 5.41) is 0. The third-order valence-corrected chi connectivity index (χ3v) is 2.77. The molecule has 3 nitrogen and oxygen atoms in total. The largest absolute Gasteiger partial charge is 0.497 e. The molecule has 0 aromatic heterocycles. The molecule has 0 heterocycles. The second-order valence-electron chi connectivity index (χ2n) is 4.25. The first-order valence-electron chi connectivity index (χ1n) is 5.52. The Hall–Kier alpha value is -1.06. The molecule has 1 aromatic rings. The highest BCUT2D eigenvalue weighted by Crippen LogP contribution is 2.26. The van der Waals surface area contributed by atoms with Crippen molar-refractivity contribution >= 4 is 0 Å². The SMILES string of the molecule is COCCCC(C)(N)c1cccc(OC)c1. The van der Waals surface area contributed by atoms with Crippen molar-refractivity contribution in [1.29, 1.82) is 0 Å². The van der Waals surface area contributed by atoms with E-state index in [0.717, 1.165) is 30.8 Å². The van der Waals surface area contributed by atoms with Gasteiger partial charge in [0.25, 0.3) is 0 Å². The van der Waals surface area contributed by atoms with E-state index in [2.05, 4.69) is 0 Å². The average molecular weight is 223 g/mol. The zero-order valence-corrected chi connectivity index (χ0v) is 10.3. The van der Waals surface area contributed by atoms with Gasteiger partial charge in [0.15, 0.2) is 0 Å². The molecule has 0 amide bonds. The number of rotatable bonds is 6. The minimum atomic E-state index is -0.326. The predicted octanol–water partition coefficient (Wildman–Crippen LogP) is 2.30. The molecule has 0 radical (unpaired) electrons. The second-order valence-corrected chi connectivity index (χ2v) is 4.25. The molecule has 1 aromatic carbocycles. The lowest BCUT2D eigenvalue weighted by atomic mass is 9.88. The molecular weight excluding hydrogens is 202 g/mol. The van der Waals surface area contributed by atoms with Gasteiger partial charge < -0.3 is 15.2 Å². The van der Waals surface area contributed by atoms with Gasteiger partial charge in [-0.05, 0) is 37.5 Å². The lowest BCUT2D eigenvalue weighted by Crippen LogP contribution is -2.33. The number of nitrogens with two attached hydrogens (primary N) is 1. The van der Waals surface area contributed by atoms with Crippen molar-refractivity contribution in [2.24, 2.45) is 5.73 Å². The van der Waals surface area contributed by atoms with E-state index in [4.69, 9.17) is 15.2 Å². The van der Waals surface area contributed by atoms with Gasteiger partial charge in [-0.1, -0.05) is 12.1 Å². The highest BCUT2D eigenvalue weighted by Gasteiger charge is 2.20. The number of hydrogen-bond acceptors (Lipinski definition) is 3. The van der Waals surface area contributed by atoms with Gasteiger partial charge in [-0.25, -0.2) is 0 Å². The molecular formula is C13H21NO2. The van der Waals surface area contributed by atoms with Gasteiger partial charge in [-0.15, -0.1) is 0 Å². The van der Waals surface area contributed by atoms with Crippen molar-refractivity contribution < 1.29 is 9.47 Å². The molecule has 1 atom stereocenters. The van der Waals surface area contributed by atoms with Crippen LogP contribution >= 0.6 is 0 Å². The smallest absolute Gasteiger partial charge is 0.119 e. The van der Waals surface area contributed by atoms with Crippen molar-refractivity contribution in [2.75, 3.05) is 20.8 Å². The van der Waals surface area contributed by atoms with Crippen molar-refractivity contribution in [1.82, 2.24) is 0 Å². The second kappa shape index (κ2) is 5.87. The molecule has 1 unspecified atom stereocenters. The van der Waals surface area contributed by atoms with Crippen molar-refractivity contribution in [2.45, 2.75) is 25.3 Å². The number of methoxy groups -OCH3 is 2. The first-order valence-corrected chi connectivity index (χ1v) is 5.52. The van der Waals surface area contributed by atoms with Crippen LogP contribution < -0.4 is 10.5 Å². The fourth-order valence-electron chi connectivity index (χ4n) is 1.71. The summed E-state index contributed by atoms with van der Waals surface area (Å²) in [5.41, 5.74) is 7.06. The van der Waals surface area contributed by atoms with Crippen molar-refractivity contribution in [3.05, 3.63) is 29.8 Å². The highest BCUT2D eigenvalue weighted by atomic mass is 16.5. The van der Waals surface area contributed by atoms with Crippen LogP contribution in [0.25, 0.3) is 0 Å². The van der Waals surface area contributed by atoms with Crippen LogP contribution in [0.1, 0.15) is 25.3 Å². The fraction of sp³-hybridized carbons (Fsp3) is 0.538. The number of ether oxygens (including phenoxy) is 2. The Morgan fingerprint density at radius 2 is 2.06 bits per heavy atom. The van der Waals surface area contributed by atoms with Crippen LogP contribution in [-0.2, 0) is 10.3 Å². The molecule has 0 saturated carbocycles. The topological polar surface area (TPSA) is 44.5 Å². The number of benzene rings is 1. The van der Waals surface area contributed by atoms with Gasteiger partial charge in [0.05, 0.1) is 7.11 Å². The summed E-state index contributed by atoms with van der Waals surface area (Å²) in [6.45, 7) is 2.79. The maximum absolute atomic E-state index is 6.29. The van der Waals surface area contributed by atoms with Gasteiger partial charge in [-0.3, -0.25) is 0 Å². The summed E-state index contributed by atoms with van der Waals surface area (Å²) >= 11 is 0. The third kappa shape index (κ3) is 3.51. The zero-order chi connectivity index (χ0) is 12.0. The highest BCUT2D eigenvalue weighted by molar-refractivity contribution is 5.32. The van der Waals surface area contributed by atoms with E-state index in [1.165, 1.54) is 0 Å². The molecule has 2 N–H and O–H groups in total. The monoisotopic (exact) mass is 223 g/mol. The van der Waals surface area contributed by atoms with Crippen LogP contribution in [-0.4, -0.2) is 20.8 Å². The first-order chi connectivity index (χ1) is 7.60. The standard InChI is InChI=1S/C13H21NO2/c1-13(14,8-5-9-15-2)11-6-4-7-12(10-11)16-3/h4,6-7,10H,5,8-9,14H2,1-3H3. The normalized spacial score (nSPS) is 14.5. The minimum Gasteiger partial charge on any atom is -0.497 e.